The molecule has 0 saturated heterocycles. The highest BCUT2D eigenvalue weighted by Gasteiger charge is 2.59. The summed E-state index contributed by atoms with van der Waals surface area (Å²) in [6, 6.07) is 1.85. The topological polar surface area (TPSA) is 89.5 Å². The quantitative estimate of drug-likeness (QED) is 0.570. The molecule has 5 rings (SSSR count). The number of methoxy groups -OCH3 is 2. The largest absolute Gasteiger partial charge is 0.493 e. The minimum absolute atomic E-state index is 0.0409. The number of hydrogen-bond donors (Lipinski definition) is 0. The Labute approximate surface area is 205 Å². The summed E-state index contributed by atoms with van der Waals surface area (Å²) in [5, 5.41) is 0. The van der Waals surface area contributed by atoms with E-state index < -0.39 is 11.5 Å². The van der Waals surface area contributed by atoms with Gasteiger partial charge in [-0.1, -0.05) is 27.7 Å². The first-order chi connectivity index (χ1) is 16.8. The van der Waals surface area contributed by atoms with Crippen molar-refractivity contribution in [2.45, 2.75) is 52.1 Å². The van der Waals surface area contributed by atoms with Crippen molar-refractivity contribution >= 4 is 11.8 Å². The number of carbonyl (C=O) groups is 2. The van der Waals surface area contributed by atoms with E-state index in [4.69, 9.17) is 28.4 Å². The van der Waals surface area contributed by atoms with Crippen molar-refractivity contribution in [3.8, 4) is 17.2 Å². The fraction of sp³-hybridized carbons (Fsp3) is 0.556. The van der Waals surface area contributed by atoms with Crippen LogP contribution >= 0.6 is 0 Å². The number of benzene rings is 1. The summed E-state index contributed by atoms with van der Waals surface area (Å²) >= 11 is 0. The van der Waals surface area contributed by atoms with Gasteiger partial charge in [0, 0.05) is 17.0 Å². The van der Waals surface area contributed by atoms with E-state index in [1.807, 2.05) is 26.0 Å². The van der Waals surface area contributed by atoms with Gasteiger partial charge in [-0.2, -0.15) is 0 Å². The zero-order valence-electron chi connectivity index (χ0n) is 21.1. The highest BCUT2D eigenvalue weighted by Crippen LogP contribution is 2.61. The Morgan fingerprint density at radius 1 is 1.17 bits per heavy atom. The van der Waals surface area contributed by atoms with Crippen molar-refractivity contribution in [1.29, 1.82) is 0 Å². The molecule has 0 radical (unpaired) electrons. The number of carbonyl (C=O) groups excluding carboxylic acids is 2. The van der Waals surface area contributed by atoms with Crippen LogP contribution in [0, 0.1) is 17.8 Å². The van der Waals surface area contributed by atoms with Gasteiger partial charge in [0.05, 0.1) is 20.1 Å². The minimum atomic E-state index is -1.13. The molecule has 35 heavy (non-hydrogen) atoms. The maximum atomic E-state index is 14.2. The first-order valence-corrected chi connectivity index (χ1v) is 12.2. The van der Waals surface area contributed by atoms with Gasteiger partial charge >= 0.3 is 5.97 Å². The van der Waals surface area contributed by atoms with Crippen LogP contribution in [0.5, 0.6) is 17.2 Å². The molecule has 4 aliphatic rings. The lowest BCUT2D eigenvalue weighted by atomic mass is 9.62. The van der Waals surface area contributed by atoms with Crippen molar-refractivity contribution < 1.29 is 38.0 Å². The van der Waals surface area contributed by atoms with Crippen molar-refractivity contribution in [3.63, 3.8) is 0 Å². The van der Waals surface area contributed by atoms with E-state index in [1.54, 1.807) is 0 Å². The molecular formula is C27H32O8. The molecule has 0 fully saturated rings. The molecule has 2 aliphatic heterocycles. The van der Waals surface area contributed by atoms with Crippen LogP contribution in [-0.4, -0.2) is 39.4 Å². The Hall–Kier alpha value is -3.16. The second-order valence-electron chi connectivity index (χ2n) is 9.91. The number of Topliss-reactive ketones (excluding diaryl/α,β-unsaturated/α-hetero) is 1. The summed E-state index contributed by atoms with van der Waals surface area (Å²) in [5.74, 6) is 1.32. The molecule has 8 nitrogen and oxygen atoms in total. The average molecular weight is 485 g/mol. The molecule has 8 heteroatoms. The van der Waals surface area contributed by atoms with Crippen LogP contribution in [0.2, 0.25) is 0 Å². The molecule has 0 amide bonds. The number of allylic oxidation sites excluding steroid dienone is 2. The van der Waals surface area contributed by atoms with E-state index >= 15 is 0 Å². The Balaban J connectivity index is 1.79. The van der Waals surface area contributed by atoms with Gasteiger partial charge in [0.1, 0.15) is 18.1 Å². The molecular weight excluding hydrogens is 452 g/mol. The molecule has 2 heterocycles. The van der Waals surface area contributed by atoms with Crippen LogP contribution in [-0.2, 0) is 29.2 Å². The van der Waals surface area contributed by atoms with E-state index in [9.17, 15) is 9.59 Å². The third-order valence-corrected chi connectivity index (χ3v) is 8.09. The predicted octanol–water partition coefficient (Wildman–Crippen LogP) is 4.37. The van der Waals surface area contributed by atoms with E-state index in [-0.39, 0.29) is 48.7 Å². The molecule has 1 spiro atoms. The molecule has 0 bridgehead atoms. The van der Waals surface area contributed by atoms with Crippen molar-refractivity contribution in [1.82, 2.24) is 0 Å². The fourth-order valence-corrected chi connectivity index (χ4v) is 5.59. The molecule has 5 atom stereocenters. The van der Waals surface area contributed by atoms with Gasteiger partial charge < -0.3 is 28.4 Å². The Bertz CT molecular complexity index is 1150. The summed E-state index contributed by atoms with van der Waals surface area (Å²) in [7, 11) is 2.99. The molecule has 1 aromatic rings. The average Bonchev–Trinajstić information content (AvgIpc) is 3.48. The Morgan fingerprint density at radius 3 is 2.63 bits per heavy atom. The molecule has 2 aliphatic carbocycles. The zero-order valence-corrected chi connectivity index (χ0v) is 21.1. The highest BCUT2D eigenvalue weighted by atomic mass is 16.7. The third kappa shape index (κ3) is 3.25. The highest BCUT2D eigenvalue weighted by molar-refractivity contribution is 6.08. The molecule has 0 saturated carbocycles. The van der Waals surface area contributed by atoms with E-state index in [2.05, 4.69) is 13.8 Å². The predicted molar refractivity (Wildman–Crippen MR) is 125 cm³/mol. The number of rotatable bonds is 5. The molecule has 1 aromatic carbocycles. The third-order valence-electron chi connectivity index (χ3n) is 8.09. The summed E-state index contributed by atoms with van der Waals surface area (Å²) < 4.78 is 35.0. The van der Waals surface area contributed by atoms with E-state index in [0.29, 0.717) is 47.0 Å². The van der Waals surface area contributed by atoms with Crippen molar-refractivity contribution in [2.75, 3.05) is 27.6 Å². The van der Waals surface area contributed by atoms with Crippen LogP contribution in [0.15, 0.2) is 29.2 Å². The Kier molecular flexibility index (Phi) is 5.73. The van der Waals surface area contributed by atoms with Gasteiger partial charge in [0.2, 0.25) is 24.1 Å². The van der Waals surface area contributed by atoms with Crippen molar-refractivity contribution in [3.05, 3.63) is 40.4 Å². The van der Waals surface area contributed by atoms with Crippen LogP contribution in [0.3, 0.4) is 0 Å². The Morgan fingerprint density at radius 2 is 1.94 bits per heavy atom. The van der Waals surface area contributed by atoms with Gasteiger partial charge in [-0.3, -0.25) is 9.59 Å². The molecule has 0 aromatic heterocycles. The number of hydrogen-bond acceptors (Lipinski definition) is 8. The van der Waals surface area contributed by atoms with Gasteiger partial charge in [-0.05, 0) is 36.5 Å². The molecule has 188 valence electrons. The van der Waals surface area contributed by atoms with Crippen LogP contribution in [0.4, 0.5) is 0 Å². The normalized spacial score (nSPS) is 29.3. The van der Waals surface area contributed by atoms with Gasteiger partial charge in [-0.25, -0.2) is 0 Å². The second-order valence-corrected chi connectivity index (χ2v) is 9.91. The maximum Gasteiger partial charge on any atom is 0.309 e. The monoisotopic (exact) mass is 484 g/mol. The van der Waals surface area contributed by atoms with E-state index in [0.717, 1.165) is 5.57 Å². The zero-order chi connectivity index (χ0) is 25.1. The summed E-state index contributed by atoms with van der Waals surface area (Å²) in [5.41, 5.74) is 1.15. The lowest BCUT2D eigenvalue weighted by Crippen LogP contribution is -2.46. The second kappa shape index (κ2) is 8.50. The summed E-state index contributed by atoms with van der Waals surface area (Å²) in [4.78, 5) is 27.2. The minimum Gasteiger partial charge on any atom is -0.493 e. The van der Waals surface area contributed by atoms with Gasteiger partial charge in [0.15, 0.2) is 17.3 Å². The number of ketones is 1. The maximum absolute atomic E-state index is 14.2. The van der Waals surface area contributed by atoms with Crippen LogP contribution < -0.4 is 14.2 Å². The van der Waals surface area contributed by atoms with Crippen LogP contribution in [0.25, 0.3) is 0 Å². The number of fused-ring (bicyclic) bond motifs is 2. The molecule has 0 unspecified atom stereocenters. The standard InChI is InChI=1S/C27H32O8/c1-7-13(2)26(29)35-21-15(4)14(3)8-16-9-18(30-5)23(31-6)25(28)27(16)11-32-24-20(27)17(21)10-19-22(24)34-12-33-19/h9-10,13-15,21H,7-8,11-12H2,1-6H3/t13-,14-,15-,21-,27+/m1/s1. The lowest BCUT2D eigenvalue weighted by molar-refractivity contribution is -0.158. The van der Waals surface area contributed by atoms with Crippen molar-refractivity contribution in [2.24, 2.45) is 17.8 Å². The first kappa shape index (κ1) is 23.6. The number of esters is 1. The van der Waals surface area contributed by atoms with Gasteiger partial charge in [-0.15, -0.1) is 0 Å². The lowest BCUT2D eigenvalue weighted by Gasteiger charge is -2.41. The fourth-order valence-electron chi connectivity index (χ4n) is 5.59. The SMILES string of the molecule is CC[C@@H](C)C(=O)O[C@H]1c2cc3c(c4c2[C@@]2(CO4)C(=O)C(OC)=C(OC)C=C2C[C@@H](C)[C@H]1C)OCO3. The first-order valence-electron chi connectivity index (χ1n) is 12.2. The summed E-state index contributed by atoms with van der Waals surface area (Å²) in [6.07, 6.45) is 2.60. The number of ether oxygens (including phenoxy) is 6. The smallest absolute Gasteiger partial charge is 0.309 e. The van der Waals surface area contributed by atoms with Gasteiger partial charge in [0.25, 0.3) is 0 Å². The van der Waals surface area contributed by atoms with Crippen LogP contribution in [0.1, 0.15) is 57.8 Å². The molecule has 0 N–H and O–H groups in total. The summed E-state index contributed by atoms with van der Waals surface area (Å²) in [6.45, 7) is 8.17. The van der Waals surface area contributed by atoms with E-state index in [1.165, 1.54) is 14.2 Å².